The molecule has 1 saturated heterocycles. The lowest BCUT2D eigenvalue weighted by Crippen LogP contribution is -2.41. The standard InChI is InChI=1S/C15H19N3O3/c1-9-5-10(2)7-11(6-9)16-12(19)8-18-13(20)15(3,4)17-14(18)21/h5-7H,8H2,1-4H3,(H,16,19)(H,17,21). The van der Waals surface area contributed by atoms with Crippen LogP contribution in [0.3, 0.4) is 0 Å². The number of aryl methyl sites for hydroxylation is 2. The van der Waals surface area contributed by atoms with E-state index in [0.717, 1.165) is 16.0 Å². The van der Waals surface area contributed by atoms with Gasteiger partial charge in [-0.15, -0.1) is 0 Å². The van der Waals surface area contributed by atoms with Gasteiger partial charge >= 0.3 is 6.03 Å². The average Bonchev–Trinajstić information content (AvgIpc) is 2.50. The van der Waals surface area contributed by atoms with Crippen molar-refractivity contribution in [3.05, 3.63) is 29.3 Å². The van der Waals surface area contributed by atoms with Gasteiger partial charge in [0.05, 0.1) is 0 Å². The van der Waals surface area contributed by atoms with E-state index < -0.39 is 23.4 Å². The van der Waals surface area contributed by atoms with Crippen LogP contribution in [0.5, 0.6) is 0 Å². The number of imide groups is 1. The Hall–Kier alpha value is -2.37. The highest BCUT2D eigenvalue weighted by molar-refractivity contribution is 6.09. The van der Waals surface area contributed by atoms with Crippen molar-refractivity contribution < 1.29 is 14.4 Å². The highest BCUT2D eigenvalue weighted by Gasteiger charge is 2.44. The first-order chi connectivity index (χ1) is 9.69. The van der Waals surface area contributed by atoms with Gasteiger partial charge in [0.15, 0.2) is 0 Å². The number of hydrogen-bond acceptors (Lipinski definition) is 3. The normalized spacial score (nSPS) is 16.9. The van der Waals surface area contributed by atoms with Crippen LogP contribution in [0.15, 0.2) is 18.2 Å². The average molecular weight is 289 g/mol. The highest BCUT2D eigenvalue weighted by Crippen LogP contribution is 2.17. The van der Waals surface area contributed by atoms with Crippen LogP contribution in [-0.4, -0.2) is 34.8 Å². The predicted molar refractivity (Wildman–Crippen MR) is 78.9 cm³/mol. The molecule has 0 bridgehead atoms. The monoisotopic (exact) mass is 289 g/mol. The van der Waals surface area contributed by atoms with Crippen molar-refractivity contribution in [3.63, 3.8) is 0 Å². The first kappa shape index (κ1) is 15.0. The molecule has 6 heteroatoms. The van der Waals surface area contributed by atoms with Gasteiger partial charge < -0.3 is 10.6 Å². The molecule has 1 aliphatic heterocycles. The minimum Gasteiger partial charge on any atom is -0.325 e. The zero-order valence-electron chi connectivity index (χ0n) is 12.6. The van der Waals surface area contributed by atoms with Crippen LogP contribution in [0.25, 0.3) is 0 Å². The van der Waals surface area contributed by atoms with Crippen LogP contribution in [-0.2, 0) is 9.59 Å². The number of urea groups is 1. The lowest BCUT2D eigenvalue weighted by molar-refractivity contribution is -0.132. The Balaban J connectivity index is 2.05. The second-order valence-corrected chi connectivity index (χ2v) is 5.87. The number of nitrogens with one attached hydrogen (secondary N) is 2. The molecule has 0 aliphatic carbocycles. The Bertz CT molecular complexity index is 602. The molecule has 2 rings (SSSR count). The third kappa shape index (κ3) is 3.21. The molecule has 0 unspecified atom stereocenters. The quantitative estimate of drug-likeness (QED) is 0.829. The number of hydrogen-bond donors (Lipinski definition) is 2. The summed E-state index contributed by atoms with van der Waals surface area (Å²) in [5.41, 5.74) is 1.75. The van der Waals surface area contributed by atoms with Crippen molar-refractivity contribution in [1.29, 1.82) is 0 Å². The molecule has 1 aliphatic rings. The number of carbonyl (C=O) groups excluding carboxylic acids is 3. The molecular formula is C15H19N3O3. The number of anilines is 1. The lowest BCUT2D eigenvalue weighted by Gasteiger charge is -2.16. The van der Waals surface area contributed by atoms with Crippen molar-refractivity contribution in [2.45, 2.75) is 33.2 Å². The summed E-state index contributed by atoms with van der Waals surface area (Å²) < 4.78 is 0. The predicted octanol–water partition coefficient (Wildman–Crippen LogP) is 1.57. The zero-order chi connectivity index (χ0) is 15.8. The van der Waals surface area contributed by atoms with Crippen molar-refractivity contribution in [1.82, 2.24) is 10.2 Å². The van der Waals surface area contributed by atoms with E-state index in [2.05, 4.69) is 10.6 Å². The Morgan fingerprint density at radius 3 is 2.24 bits per heavy atom. The lowest BCUT2D eigenvalue weighted by atomic mass is 10.1. The topological polar surface area (TPSA) is 78.5 Å². The second-order valence-electron chi connectivity index (χ2n) is 5.87. The number of amides is 4. The van der Waals surface area contributed by atoms with Gasteiger partial charge in [0.25, 0.3) is 5.91 Å². The van der Waals surface area contributed by atoms with Gasteiger partial charge in [0.1, 0.15) is 12.1 Å². The number of benzene rings is 1. The molecule has 0 spiro atoms. The maximum Gasteiger partial charge on any atom is 0.325 e. The zero-order valence-corrected chi connectivity index (χ0v) is 12.6. The summed E-state index contributed by atoms with van der Waals surface area (Å²) in [6.07, 6.45) is 0. The molecular weight excluding hydrogens is 270 g/mol. The van der Waals surface area contributed by atoms with Crippen LogP contribution >= 0.6 is 0 Å². The van der Waals surface area contributed by atoms with Gasteiger partial charge in [0, 0.05) is 5.69 Å². The van der Waals surface area contributed by atoms with Crippen LogP contribution < -0.4 is 10.6 Å². The van der Waals surface area contributed by atoms with E-state index in [1.807, 2.05) is 32.0 Å². The molecule has 2 N–H and O–H groups in total. The van der Waals surface area contributed by atoms with Crippen LogP contribution in [0.1, 0.15) is 25.0 Å². The van der Waals surface area contributed by atoms with Crippen molar-refractivity contribution in [2.75, 3.05) is 11.9 Å². The minimum atomic E-state index is -0.961. The third-order valence-corrected chi connectivity index (χ3v) is 3.25. The van der Waals surface area contributed by atoms with Gasteiger partial charge in [-0.1, -0.05) is 6.07 Å². The van der Waals surface area contributed by atoms with Gasteiger partial charge in [0.2, 0.25) is 5.91 Å². The van der Waals surface area contributed by atoms with Crippen molar-refractivity contribution >= 4 is 23.5 Å². The molecule has 4 amide bonds. The number of nitrogens with zero attached hydrogens (tertiary/aromatic N) is 1. The summed E-state index contributed by atoms with van der Waals surface area (Å²) in [6.45, 7) is 6.79. The SMILES string of the molecule is Cc1cc(C)cc(NC(=O)CN2C(=O)NC(C)(C)C2=O)c1. The van der Waals surface area contributed by atoms with Crippen LogP contribution in [0.2, 0.25) is 0 Å². The molecule has 0 saturated carbocycles. The fourth-order valence-electron chi connectivity index (χ4n) is 2.35. The summed E-state index contributed by atoms with van der Waals surface area (Å²) in [7, 11) is 0. The maximum absolute atomic E-state index is 12.0. The molecule has 0 aromatic heterocycles. The molecule has 6 nitrogen and oxygen atoms in total. The maximum atomic E-state index is 12.0. The summed E-state index contributed by atoms with van der Waals surface area (Å²) in [5, 5.41) is 5.24. The van der Waals surface area contributed by atoms with Crippen molar-refractivity contribution in [3.8, 4) is 0 Å². The highest BCUT2D eigenvalue weighted by atomic mass is 16.2. The molecule has 112 valence electrons. The molecule has 0 radical (unpaired) electrons. The van der Waals surface area contributed by atoms with E-state index in [4.69, 9.17) is 0 Å². The largest absolute Gasteiger partial charge is 0.325 e. The molecule has 21 heavy (non-hydrogen) atoms. The summed E-state index contributed by atoms with van der Waals surface area (Å²) in [5.74, 6) is -0.802. The van der Waals surface area contributed by atoms with Gasteiger partial charge in [-0.05, 0) is 51.0 Å². The Kier molecular flexibility index (Phi) is 3.72. The molecule has 0 atom stereocenters. The van der Waals surface area contributed by atoms with Crippen molar-refractivity contribution in [2.24, 2.45) is 0 Å². The van der Waals surface area contributed by atoms with E-state index in [1.165, 1.54) is 0 Å². The first-order valence-electron chi connectivity index (χ1n) is 6.71. The Morgan fingerprint density at radius 1 is 1.19 bits per heavy atom. The molecule has 1 aromatic carbocycles. The third-order valence-electron chi connectivity index (χ3n) is 3.25. The summed E-state index contributed by atoms with van der Waals surface area (Å²) in [6, 6.07) is 5.12. The van der Waals surface area contributed by atoms with E-state index in [9.17, 15) is 14.4 Å². The summed E-state index contributed by atoms with van der Waals surface area (Å²) >= 11 is 0. The fourth-order valence-corrected chi connectivity index (χ4v) is 2.35. The van der Waals surface area contributed by atoms with E-state index >= 15 is 0 Å². The van der Waals surface area contributed by atoms with E-state index in [0.29, 0.717) is 5.69 Å². The molecule has 1 aromatic rings. The van der Waals surface area contributed by atoms with Gasteiger partial charge in [-0.3, -0.25) is 14.5 Å². The van der Waals surface area contributed by atoms with Gasteiger partial charge in [-0.25, -0.2) is 4.79 Å². The molecule has 1 fully saturated rings. The van der Waals surface area contributed by atoms with E-state index in [-0.39, 0.29) is 6.54 Å². The number of carbonyl (C=O) groups is 3. The minimum absolute atomic E-state index is 0.291. The Morgan fingerprint density at radius 2 is 1.76 bits per heavy atom. The smallest absolute Gasteiger partial charge is 0.325 e. The number of rotatable bonds is 3. The Labute approximate surface area is 123 Å². The van der Waals surface area contributed by atoms with Crippen LogP contribution in [0.4, 0.5) is 10.5 Å². The van der Waals surface area contributed by atoms with E-state index in [1.54, 1.807) is 13.8 Å². The van der Waals surface area contributed by atoms with Crippen LogP contribution in [0, 0.1) is 13.8 Å². The second kappa shape index (κ2) is 5.20. The summed E-state index contributed by atoms with van der Waals surface area (Å²) in [4.78, 5) is 36.6. The fraction of sp³-hybridized carbons (Fsp3) is 0.400. The van der Waals surface area contributed by atoms with Gasteiger partial charge in [-0.2, -0.15) is 0 Å². The first-order valence-corrected chi connectivity index (χ1v) is 6.71. The molecule has 1 heterocycles.